The van der Waals surface area contributed by atoms with Crippen molar-refractivity contribution >= 4 is 5.97 Å². The number of hydrogen-bond donors (Lipinski definition) is 0. The van der Waals surface area contributed by atoms with Crippen molar-refractivity contribution in [3.05, 3.63) is 53.6 Å². The topological polar surface area (TPSA) is 26.3 Å². The van der Waals surface area contributed by atoms with Gasteiger partial charge in [0.2, 0.25) is 0 Å². The molecule has 2 nitrogen and oxygen atoms in total. The summed E-state index contributed by atoms with van der Waals surface area (Å²) in [5, 5.41) is 0. The zero-order valence-electron chi connectivity index (χ0n) is 18.9. The van der Waals surface area contributed by atoms with Gasteiger partial charge in [-0.05, 0) is 66.0 Å². The van der Waals surface area contributed by atoms with E-state index in [4.69, 9.17) is 4.74 Å². The summed E-state index contributed by atoms with van der Waals surface area (Å²) in [7, 11) is 0. The minimum Gasteiger partial charge on any atom is -0.427 e. The molecule has 2 heteroatoms. The van der Waals surface area contributed by atoms with Gasteiger partial charge in [-0.15, -0.1) is 0 Å². The van der Waals surface area contributed by atoms with E-state index in [9.17, 15) is 4.79 Å². The number of esters is 1. The Hall–Kier alpha value is -2.09. The maximum atomic E-state index is 11.7. The molecule has 162 valence electrons. The summed E-state index contributed by atoms with van der Waals surface area (Å²) in [6, 6.07) is 14.9. The average molecular weight is 407 g/mol. The van der Waals surface area contributed by atoms with E-state index in [1.807, 2.05) is 19.1 Å². The molecule has 0 spiro atoms. The average Bonchev–Trinajstić information content (AvgIpc) is 2.76. The molecule has 0 radical (unpaired) electrons. The predicted molar refractivity (Wildman–Crippen MR) is 126 cm³/mol. The van der Waals surface area contributed by atoms with Crippen LogP contribution >= 0.6 is 0 Å². The van der Waals surface area contributed by atoms with E-state index in [0.717, 1.165) is 12.3 Å². The molecule has 1 unspecified atom stereocenters. The van der Waals surface area contributed by atoms with Crippen molar-refractivity contribution in [2.24, 2.45) is 5.92 Å². The monoisotopic (exact) mass is 406 g/mol. The third kappa shape index (κ3) is 6.72. The molecule has 0 fully saturated rings. The van der Waals surface area contributed by atoms with Gasteiger partial charge in [0.05, 0.1) is 0 Å². The number of carbonyl (C=O) groups excluding carboxylic acids is 1. The highest BCUT2D eigenvalue weighted by Gasteiger charge is 2.18. The summed E-state index contributed by atoms with van der Waals surface area (Å²) in [6.07, 6.45) is 14.8. The summed E-state index contributed by atoms with van der Waals surface area (Å²) < 4.78 is 5.37. The molecule has 0 aromatic heterocycles. The van der Waals surface area contributed by atoms with E-state index in [2.05, 4.69) is 37.3 Å². The lowest BCUT2D eigenvalue weighted by Gasteiger charge is -2.25. The SMILES string of the molecule is CCCCCCCCC1CCc2cc(-c3ccc(OC(=O)CCC)cc3)ccc2C1. The minimum absolute atomic E-state index is 0.158. The summed E-state index contributed by atoms with van der Waals surface area (Å²) in [6.45, 7) is 4.27. The van der Waals surface area contributed by atoms with Gasteiger partial charge in [-0.2, -0.15) is 0 Å². The van der Waals surface area contributed by atoms with Crippen LogP contribution in [0.4, 0.5) is 0 Å². The zero-order valence-corrected chi connectivity index (χ0v) is 18.9. The Balaban J connectivity index is 1.52. The third-order valence-electron chi connectivity index (χ3n) is 6.38. The number of carbonyl (C=O) groups is 1. The first kappa shape index (κ1) is 22.6. The molecular formula is C28H38O2. The summed E-state index contributed by atoms with van der Waals surface area (Å²) >= 11 is 0. The van der Waals surface area contributed by atoms with Crippen LogP contribution in [0.25, 0.3) is 11.1 Å². The number of hydrogen-bond acceptors (Lipinski definition) is 2. The fourth-order valence-corrected chi connectivity index (χ4v) is 4.57. The van der Waals surface area contributed by atoms with Crippen molar-refractivity contribution in [2.45, 2.75) is 90.9 Å². The lowest BCUT2D eigenvalue weighted by molar-refractivity contribution is -0.134. The quantitative estimate of drug-likeness (QED) is 0.215. The van der Waals surface area contributed by atoms with E-state index in [-0.39, 0.29) is 5.97 Å². The summed E-state index contributed by atoms with van der Waals surface area (Å²) in [5.74, 6) is 1.34. The van der Waals surface area contributed by atoms with Crippen LogP contribution in [0, 0.1) is 5.92 Å². The summed E-state index contributed by atoms with van der Waals surface area (Å²) in [4.78, 5) is 11.7. The van der Waals surface area contributed by atoms with Crippen LogP contribution in [0.15, 0.2) is 42.5 Å². The fraction of sp³-hybridized carbons (Fsp3) is 0.536. The highest BCUT2D eigenvalue weighted by molar-refractivity contribution is 5.73. The van der Waals surface area contributed by atoms with Crippen LogP contribution < -0.4 is 4.74 Å². The number of rotatable bonds is 11. The number of ether oxygens (including phenoxy) is 1. The van der Waals surface area contributed by atoms with E-state index < -0.39 is 0 Å². The lowest BCUT2D eigenvalue weighted by atomic mass is 9.80. The molecule has 3 rings (SSSR count). The van der Waals surface area contributed by atoms with E-state index >= 15 is 0 Å². The molecule has 1 aliphatic carbocycles. The van der Waals surface area contributed by atoms with Gasteiger partial charge < -0.3 is 4.74 Å². The van der Waals surface area contributed by atoms with Crippen LogP contribution in [0.3, 0.4) is 0 Å². The molecule has 0 aliphatic heterocycles. The molecule has 0 heterocycles. The Bertz CT molecular complexity index is 791. The first-order valence-corrected chi connectivity index (χ1v) is 12.1. The van der Waals surface area contributed by atoms with Gasteiger partial charge in [0.15, 0.2) is 0 Å². The van der Waals surface area contributed by atoms with Gasteiger partial charge in [-0.1, -0.05) is 89.1 Å². The zero-order chi connectivity index (χ0) is 21.2. The number of fused-ring (bicyclic) bond motifs is 1. The van der Waals surface area contributed by atoms with Gasteiger partial charge >= 0.3 is 5.97 Å². The second kappa shape index (κ2) is 11.9. The van der Waals surface area contributed by atoms with Crippen molar-refractivity contribution in [3.63, 3.8) is 0 Å². The molecule has 0 N–H and O–H groups in total. The van der Waals surface area contributed by atoms with Crippen molar-refractivity contribution in [1.82, 2.24) is 0 Å². The van der Waals surface area contributed by atoms with E-state index in [0.29, 0.717) is 12.2 Å². The van der Waals surface area contributed by atoms with Gasteiger partial charge in [0.25, 0.3) is 0 Å². The van der Waals surface area contributed by atoms with Crippen LogP contribution in [-0.2, 0) is 17.6 Å². The predicted octanol–water partition coefficient (Wildman–Crippen LogP) is 7.91. The molecule has 1 aliphatic rings. The van der Waals surface area contributed by atoms with Gasteiger partial charge in [-0.25, -0.2) is 0 Å². The van der Waals surface area contributed by atoms with Gasteiger partial charge in [0, 0.05) is 6.42 Å². The van der Waals surface area contributed by atoms with Crippen LogP contribution in [0.1, 0.15) is 89.2 Å². The highest BCUT2D eigenvalue weighted by Crippen LogP contribution is 2.32. The smallest absolute Gasteiger partial charge is 0.311 e. The highest BCUT2D eigenvalue weighted by atomic mass is 16.5. The molecule has 0 bridgehead atoms. The Labute approximate surface area is 183 Å². The second-order valence-electron chi connectivity index (χ2n) is 8.90. The molecule has 30 heavy (non-hydrogen) atoms. The van der Waals surface area contributed by atoms with Crippen molar-refractivity contribution in [1.29, 1.82) is 0 Å². The molecule has 0 saturated heterocycles. The first-order chi connectivity index (χ1) is 14.7. The van der Waals surface area contributed by atoms with Crippen LogP contribution in [-0.4, -0.2) is 5.97 Å². The van der Waals surface area contributed by atoms with Crippen LogP contribution in [0.2, 0.25) is 0 Å². The number of aryl methyl sites for hydroxylation is 1. The third-order valence-corrected chi connectivity index (χ3v) is 6.38. The largest absolute Gasteiger partial charge is 0.427 e. The second-order valence-corrected chi connectivity index (χ2v) is 8.90. The minimum atomic E-state index is -0.158. The fourth-order valence-electron chi connectivity index (χ4n) is 4.57. The Kier molecular flexibility index (Phi) is 8.99. The van der Waals surface area contributed by atoms with Gasteiger partial charge in [-0.3, -0.25) is 4.79 Å². The maximum Gasteiger partial charge on any atom is 0.311 e. The standard InChI is InChI=1S/C28H38O2/c1-3-5-6-7-8-9-11-22-12-13-26-21-25(15-14-24(26)20-22)23-16-18-27(19-17-23)30-28(29)10-4-2/h14-19,21-22H,3-13,20H2,1-2H3. The molecule has 0 amide bonds. The van der Waals surface area contributed by atoms with Crippen LogP contribution in [0.5, 0.6) is 5.75 Å². The normalized spacial score (nSPS) is 15.6. The van der Waals surface area contributed by atoms with E-state index in [1.54, 1.807) is 5.56 Å². The Morgan fingerprint density at radius 2 is 1.60 bits per heavy atom. The Morgan fingerprint density at radius 3 is 2.37 bits per heavy atom. The van der Waals surface area contributed by atoms with E-state index in [1.165, 1.54) is 80.9 Å². The molecule has 0 saturated carbocycles. The van der Waals surface area contributed by atoms with Crippen molar-refractivity contribution < 1.29 is 9.53 Å². The lowest BCUT2D eigenvalue weighted by Crippen LogP contribution is -2.14. The molecule has 1 atom stereocenters. The summed E-state index contributed by atoms with van der Waals surface area (Å²) in [5.41, 5.74) is 5.51. The molecular weight excluding hydrogens is 368 g/mol. The molecule has 2 aromatic rings. The number of unbranched alkanes of at least 4 members (excludes halogenated alkanes) is 5. The Morgan fingerprint density at radius 1 is 0.867 bits per heavy atom. The van der Waals surface area contributed by atoms with Crippen molar-refractivity contribution in [3.8, 4) is 16.9 Å². The van der Waals surface area contributed by atoms with Crippen molar-refractivity contribution in [2.75, 3.05) is 0 Å². The first-order valence-electron chi connectivity index (χ1n) is 12.1. The number of benzene rings is 2. The van der Waals surface area contributed by atoms with Gasteiger partial charge in [0.1, 0.15) is 5.75 Å². The molecule has 2 aromatic carbocycles. The maximum absolute atomic E-state index is 11.7.